The second-order valence-corrected chi connectivity index (χ2v) is 9.66. The molecule has 6 nitrogen and oxygen atoms in total. The second-order valence-electron chi connectivity index (χ2n) is 9.35. The van der Waals surface area contributed by atoms with Crippen LogP contribution in [0.1, 0.15) is 41.4 Å². The van der Waals surface area contributed by atoms with Crippen molar-refractivity contribution in [3.05, 3.63) is 59.3 Å². The molecule has 182 valence electrons. The van der Waals surface area contributed by atoms with Crippen LogP contribution >= 0.6 is 11.6 Å². The number of rotatable bonds is 6. The molecule has 0 saturated heterocycles. The van der Waals surface area contributed by atoms with Gasteiger partial charge in [0.05, 0.1) is 25.4 Å². The van der Waals surface area contributed by atoms with E-state index in [9.17, 15) is 4.79 Å². The zero-order valence-corrected chi connectivity index (χ0v) is 21.4. The fraction of sp³-hybridized carbons (Fsp3) is 0.321. The monoisotopic (exact) mass is 491 g/mol. The van der Waals surface area contributed by atoms with Gasteiger partial charge in [-0.3, -0.25) is 4.79 Å². The molecule has 0 bridgehead atoms. The van der Waals surface area contributed by atoms with Crippen LogP contribution in [0, 0.1) is 6.92 Å². The van der Waals surface area contributed by atoms with E-state index in [-0.39, 0.29) is 17.9 Å². The minimum Gasteiger partial charge on any atom is -0.496 e. The van der Waals surface area contributed by atoms with E-state index in [4.69, 9.17) is 21.1 Å². The number of halogens is 1. The van der Waals surface area contributed by atoms with Crippen molar-refractivity contribution in [1.29, 1.82) is 0 Å². The van der Waals surface area contributed by atoms with Gasteiger partial charge in [-0.1, -0.05) is 24.3 Å². The van der Waals surface area contributed by atoms with Gasteiger partial charge in [-0.2, -0.15) is 0 Å². The van der Waals surface area contributed by atoms with Gasteiger partial charge in [0.1, 0.15) is 17.2 Å². The van der Waals surface area contributed by atoms with E-state index in [2.05, 4.69) is 42.3 Å². The number of nitrogens with one attached hydrogen (secondary N) is 2. The number of anilines is 2. The molecule has 1 amide bonds. The van der Waals surface area contributed by atoms with Gasteiger partial charge in [-0.05, 0) is 49.9 Å². The Bertz CT molecular complexity index is 1440. The molecule has 5 rings (SSSR count). The Labute approximate surface area is 210 Å². The number of benzene rings is 3. The third-order valence-corrected chi connectivity index (χ3v) is 7.14. The van der Waals surface area contributed by atoms with Gasteiger partial charge in [0, 0.05) is 46.4 Å². The first-order valence-corrected chi connectivity index (χ1v) is 12.4. The van der Waals surface area contributed by atoms with Gasteiger partial charge in [-0.15, -0.1) is 11.6 Å². The van der Waals surface area contributed by atoms with Crippen molar-refractivity contribution in [1.82, 2.24) is 4.98 Å². The molecule has 1 atom stereocenters. The first-order chi connectivity index (χ1) is 16.9. The lowest BCUT2D eigenvalue weighted by Gasteiger charge is -2.20. The van der Waals surface area contributed by atoms with Crippen molar-refractivity contribution in [2.75, 3.05) is 36.9 Å². The molecule has 2 N–H and O–H groups in total. The third-order valence-electron chi connectivity index (χ3n) is 6.77. The van der Waals surface area contributed by atoms with Gasteiger partial charge < -0.3 is 24.7 Å². The lowest BCUT2D eigenvalue weighted by atomic mass is 9.95. The number of H-pyrrole nitrogens is 1. The van der Waals surface area contributed by atoms with E-state index in [0.717, 1.165) is 49.9 Å². The number of amides is 1. The standard InChI is InChI=1S/C28H30ClN3O3/c1-15(2)30-21-12-23-25(20-9-7-6-8-19(20)21)18(13-29)14-32(23)28(33)22-10-17-11-24(34-4)16(3)27(35-5)26(17)31-22/h6-12,15,18,30-31H,13-14H2,1-5H3/t18-/m1/s1. The first-order valence-electron chi connectivity index (χ1n) is 11.8. The Morgan fingerprint density at radius 2 is 1.91 bits per heavy atom. The molecule has 3 aromatic carbocycles. The summed E-state index contributed by atoms with van der Waals surface area (Å²) in [6.07, 6.45) is 0. The lowest BCUT2D eigenvalue weighted by molar-refractivity contribution is 0.0984. The fourth-order valence-electron chi connectivity index (χ4n) is 5.24. The Kier molecular flexibility index (Phi) is 6.01. The highest BCUT2D eigenvalue weighted by Crippen LogP contribution is 2.45. The number of hydrogen-bond donors (Lipinski definition) is 2. The number of ether oxygens (including phenoxy) is 2. The maximum absolute atomic E-state index is 13.9. The molecule has 2 heterocycles. The van der Waals surface area contributed by atoms with Crippen LogP contribution in [0.3, 0.4) is 0 Å². The Balaban J connectivity index is 1.65. The van der Waals surface area contributed by atoms with Crippen LogP contribution in [0.5, 0.6) is 11.5 Å². The normalized spacial score (nSPS) is 15.2. The average Bonchev–Trinajstić information content (AvgIpc) is 3.44. The smallest absolute Gasteiger partial charge is 0.274 e. The molecule has 1 aliphatic rings. The summed E-state index contributed by atoms with van der Waals surface area (Å²) >= 11 is 6.44. The van der Waals surface area contributed by atoms with Gasteiger partial charge in [0.25, 0.3) is 5.91 Å². The molecular formula is C28H30ClN3O3. The van der Waals surface area contributed by atoms with Crippen LogP contribution in [0.15, 0.2) is 42.5 Å². The molecule has 0 fully saturated rings. The number of alkyl halides is 1. The maximum atomic E-state index is 13.9. The summed E-state index contributed by atoms with van der Waals surface area (Å²) in [6, 6.07) is 14.5. The summed E-state index contributed by atoms with van der Waals surface area (Å²) in [5, 5.41) is 6.69. The SMILES string of the molecule is COc1cc2cc(C(=O)N3C[C@@H](CCl)c4c3cc(NC(C)C)c3ccccc43)[nH]c2c(OC)c1C. The van der Waals surface area contributed by atoms with Crippen molar-refractivity contribution < 1.29 is 14.3 Å². The summed E-state index contributed by atoms with van der Waals surface area (Å²) in [5.74, 6) is 1.79. The summed E-state index contributed by atoms with van der Waals surface area (Å²) in [4.78, 5) is 19.1. The van der Waals surface area contributed by atoms with E-state index in [1.165, 1.54) is 0 Å². The second kappa shape index (κ2) is 9.00. The molecule has 0 unspecified atom stereocenters. The number of aromatic amines is 1. The number of methoxy groups -OCH3 is 2. The summed E-state index contributed by atoms with van der Waals surface area (Å²) in [5.41, 5.74) is 5.21. The molecule has 0 saturated carbocycles. The quantitative estimate of drug-likeness (QED) is 0.304. The van der Waals surface area contributed by atoms with E-state index in [1.54, 1.807) is 14.2 Å². The Morgan fingerprint density at radius 3 is 2.57 bits per heavy atom. The predicted molar refractivity (Wildman–Crippen MR) is 144 cm³/mol. The number of fused-ring (bicyclic) bond motifs is 4. The molecule has 4 aromatic rings. The van der Waals surface area contributed by atoms with Crippen molar-refractivity contribution in [3.8, 4) is 11.5 Å². The molecule has 0 aliphatic carbocycles. The van der Waals surface area contributed by atoms with E-state index >= 15 is 0 Å². The number of carbonyl (C=O) groups excluding carboxylic acids is 1. The molecule has 1 aromatic heterocycles. The number of nitrogens with zero attached hydrogens (tertiary/aromatic N) is 1. The van der Waals surface area contributed by atoms with E-state index in [0.29, 0.717) is 23.9 Å². The highest BCUT2D eigenvalue weighted by atomic mass is 35.5. The van der Waals surface area contributed by atoms with Crippen LogP contribution in [0.2, 0.25) is 0 Å². The lowest BCUT2D eigenvalue weighted by Crippen LogP contribution is -2.30. The number of carbonyl (C=O) groups is 1. The summed E-state index contributed by atoms with van der Waals surface area (Å²) < 4.78 is 11.2. The Hall–Kier alpha value is -3.38. The van der Waals surface area contributed by atoms with Gasteiger partial charge in [0.2, 0.25) is 0 Å². The van der Waals surface area contributed by atoms with E-state index < -0.39 is 0 Å². The van der Waals surface area contributed by atoms with Crippen molar-refractivity contribution >= 4 is 50.6 Å². The summed E-state index contributed by atoms with van der Waals surface area (Å²) in [7, 11) is 3.26. The average molecular weight is 492 g/mol. The zero-order valence-electron chi connectivity index (χ0n) is 20.7. The first kappa shape index (κ1) is 23.4. The van der Waals surface area contributed by atoms with Gasteiger partial charge >= 0.3 is 0 Å². The highest BCUT2D eigenvalue weighted by molar-refractivity contribution is 6.19. The van der Waals surface area contributed by atoms with Gasteiger partial charge in [-0.25, -0.2) is 0 Å². The molecule has 7 heteroatoms. The third kappa shape index (κ3) is 3.76. The van der Waals surface area contributed by atoms with Crippen molar-refractivity contribution in [2.45, 2.75) is 32.7 Å². The highest BCUT2D eigenvalue weighted by Gasteiger charge is 2.35. The van der Waals surface area contributed by atoms with Crippen molar-refractivity contribution in [2.24, 2.45) is 0 Å². The molecular weight excluding hydrogens is 462 g/mol. The maximum Gasteiger partial charge on any atom is 0.274 e. The fourth-order valence-corrected chi connectivity index (χ4v) is 5.49. The Morgan fingerprint density at radius 1 is 1.17 bits per heavy atom. The molecule has 0 radical (unpaired) electrons. The van der Waals surface area contributed by atoms with Crippen LogP contribution in [-0.4, -0.2) is 43.6 Å². The number of aromatic nitrogens is 1. The minimum absolute atomic E-state index is 0.0508. The van der Waals surface area contributed by atoms with Crippen molar-refractivity contribution in [3.63, 3.8) is 0 Å². The summed E-state index contributed by atoms with van der Waals surface area (Å²) in [6.45, 7) is 6.69. The molecule has 1 aliphatic heterocycles. The van der Waals surface area contributed by atoms with Crippen LogP contribution in [0.25, 0.3) is 21.7 Å². The van der Waals surface area contributed by atoms with Gasteiger partial charge in [0.15, 0.2) is 0 Å². The van der Waals surface area contributed by atoms with Crippen LogP contribution < -0.4 is 19.7 Å². The molecule has 35 heavy (non-hydrogen) atoms. The van der Waals surface area contributed by atoms with E-state index in [1.807, 2.05) is 36.1 Å². The molecule has 0 spiro atoms. The number of hydrogen-bond acceptors (Lipinski definition) is 4. The minimum atomic E-state index is -0.0977. The predicted octanol–water partition coefficient (Wildman–Crippen LogP) is 6.45. The van der Waals surface area contributed by atoms with Crippen LogP contribution in [0.4, 0.5) is 11.4 Å². The van der Waals surface area contributed by atoms with Crippen LogP contribution in [-0.2, 0) is 0 Å². The topological polar surface area (TPSA) is 66.6 Å². The largest absolute Gasteiger partial charge is 0.496 e. The zero-order chi connectivity index (χ0) is 24.9.